The molecule has 1 saturated carbocycles. The molecule has 3 aromatic rings. The molecule has 2 heterocycles. The second-order valence-corrected chi connectivity index (χ2v) is 7.83. The van der Waals surface area contributed by atoms with Crippen molar-refractivity contribution < 1.29 is 14.6 Å². The molecule has 0 aliphatic heterocycles. The van der Waals surface area contributed by atoms with E-state index in [1.165, 1.54) is 0 Å². The lowest BCUT2D eigenvalue weighted by molar-refractivity contribution is 0.0975. The van der Waals surface area contributed by atoms with Crippen molar-refractivity contribution >= 4 is 17.2 Å². The van der Waals surface area contributed by atoms with Gasteiger partial charge in [-0.25, -0.2) is 9.97 Å². The normalized spacial score (nSPS) is 13.0. The molecule has 0 unspecified atom stereocenters. The Morgan fingerprint density at radius 3 is 2.97 bits per heavy atom. The summed E-state index contributed by atoms with van der Waals surface area (Å²) in [7, 11) is 1.59. The molecular weight excluding hydrogens is 406 g/mol. The van der Waals surface area contributed by atoms with Crippen molar-refractivity contribution in [2.75, 3.05) is 32.1 Å². The fourth-order valence-electron chi connectivity index (χ4n) is 3.58. The number of aromatic nitrogens is 3. The van der Waals surface area contributed by atoms with E-state index < -0.39 is 0 Å². The molecule has 166 valence electrons. The van der Waals surface area contributed by atoms with Crippen LogP contribution in [0.3, 0.4) is 0 Å². The molecule has 0 spiro atoms. The van der Waals surface area contributed by atoms with Crippen LogP contribution in [0.15, 0.2) is 30.6 Å². The zero-order valence-electron chi connectivity index (χ0n) is 18.1. The number of hydrogen-bond acceptors (Lipinski definition) is 7. The summed E-state index contributed by atoms with van der Waals surface area (Å²) in [6, 6.07) is 5.53. The van der Waals surface area contributed by atoms with Gasteiger partial charge < -0.3 is 20.9 Å². The quantitative estimate of drug-likeness (QED) is 0.270. The van der Waals surface area contributed by atoms with Gasteiger partial charge in [0, 0.05) is 30.3 Å². The van der Waals surface area contributed by atoms with Gasteiger partial charge in [-0.15, -0.1) is 0 Å². The van der Waals surface area contributed by atoms with Crippen LogP contribution in [0.5, 0.6) is 5.75 Å². The first-order valence-corrected chi connectivity index (χ1v) is 10.8. The van der Waals surface area contributed by atoms with E-state index in [1.807, 2.05) is 16.5 Å². The lowest BCUT2D eigenvalue weighted by Gasteiger charge is -2.12. The SMILES string of the molecule is COc1cc(C(=O)CC2CC2)ccc1-c1cnc2c(NCCCN)nc(C#CCO)cn12. The molecule has 0 radical (unpaired) electrons. The molecule has 4 rings (SSSR count). The molecule has 1 fully saturated rings. The summed E-state index contributed by atoms with van der Waals surface area (Å²) in [5.74, 6) is 7.37. The smallest absolute Gasteiger partial charge is 0.180 e. The molecule has 1 aliphatic carbocycles. The molecule has 0 bridgehead atoms. The van der Waals surface area contributed by atoms with Crippen molar-refractivity contribution in [2.24, 2.45) is 11.7 Å². The maximum absolute atomic E-state index is 12.6. The monoisotopic (exact) mass is 433 g/mol. The fourth-order valence-corrected chi connectivity index (χ4v) is 3.58. The van der Waals surface area contributed by atoms with Crippen LogP contribution in [0.25, 0.3) is 16.9 Å². The Hall–Kier alpha value is -3.41. The number of benzene rings is 1. The van der Waals surface area contributed by atoms with Crippen molar-refractivity contribution in [3.05, 3.63) is 41.9 Å². The number of hydrogen-bond donors (Lipinski definition) is 3. The molecule has 32 heavy (non-hydrogen) atoms. The summed E-state index contributed by atoms with van der Waals surface area (Å²) in [5, 5.41) is 12.3. The maximum atomic E-state index is 12.6. The second kappa shape index (κ2) is 9.81. The molecule has 0 amide bonds. The van der Waals surface area contributed by atoms with Gasteiger partial charge in [-0.05, 0) is 49.8 Å². The molecule has 1 aliphatic rings. The minimum atomic E-state index is -0.253. The number of rotatable bonds is 9. The van der Waals surface area contributed by atoms with Crippen molar-refractivity contribution in [1.29, 1.82) is 0 Å². The predicted molar refractivity (Wildman–Crippen MR) is 123 cm³/mol. The molecule has 8 heteroatoms. The van der Waals surface area contributed by atoms with Gasteiger partial charge in [0.2, 0.25) is 0 Å². The summed E-state index contributed by atoms with van der Waals surface area (Å²) in [6.07, 6.45) is 7.19. The average molecular weight is 434 g/mol. The number of ether oxygens (including phenoxy) is 1. The van der Waals surface area contributed by atoms with E-state index in [9.17, 15) is 4.79 Å². The van der Waals surface area contributed by atoms with Gasteiger partial charge in [-0.2, -0.15) is 0 Å². The number of methoxy groups -OCH3 is 1. The van der Waals surface area contributed by atoms with E-state index in [4.69, 9.17) is 15.6 Å². The van der Waals surface area contributed by atoms with Crippen LogP contribution < -0.4 is 15.8 Å². The molecule has 4 N–H and O–H groups in total. The first-order chi connectivity index (χ1) is 15.6. The van der Waals surface area contributed by atoms with E-state index in [2.05, 4.69) is 27.1 Å². The highest BCUT2D eigenvalue weighted by atomic mass is 16.5. The van der Waals surface area contributed by atoms with Gasteiger partial charge >= 0.3 is 0 Å². The number of nitrogens with zero attached hydrogens (tertiary/aromatic N) is 3. The molecule has 0 atom stereocenters. The van der Waals surface area contributed by atoms with Gasteiger partial charge in [-0.3, -0.25) is 9.20 Å². The Labute approximate surface area is 186 Å². The van der Waals surface area contributed by atoms with Crippen LogP contribution in [0.1, 0.15) is 41.7 Å². The molecule has 1 aromatic carbocycles. The van der Waals surface area contributed by atoms with Gasteiger partial charge in [0.15, 0.2) is 17.2 Å². The molecular formula is C24H27N5O3. The van der Waals surface area contributed by atoms with Crippen LogP contribution >= 0.6 is 0 Å². The van der Waals surface area contributed by atoms with Crippen LogP contribution in [0.2, 0.25) is 0 Å². The maximum Gasteiger partial charge on any atom is 0.180 e. The minimum Gasteiger partial charge on any atom is -0.496 e. The summed E-state index contributed by atoms with van der Waals surface area (Å²) in [4.78, 5) is 21.7. The number of carbonyl (C=O) groups is 1. The van der Waals surface area contributed by atoms with Crippen molar-refractivity contribution in [2.45, 2.75) is 25.7 Å². The number of Topliss-reactive ketones (excluding diaryl/α,β-unsaturated/α-hetero) is 1. The summed E-state index contributed by atoms with van der Waals surface area (Å²) in [5.41, 5.74) is 9.00. The number of ketones is 1. The highest BCUT2D eigenvalue weighted by molar-refractivity contribution is 5.97. The average Bonchev–Trinajstić information content (AvgIpc) is 3.52. The summed E-state index contributed by atoms with van der Waals surface area (Å²) in [6.45, 7) is 0.964. The van der Waals surface area contributed by atoms with Crippen molar-refractivity contribution in [3.8, 4) is 28.8 Å². The summed E-state index contributed by atoms with van der Waals surface area (Å²) >= 11 is 0. The number of carbonyl (C=O) groups excluding carboxylic acids is 1. The summed E-state index contributed by atoms with van der Waals surface area (Å²) < 4.78 is 7.53. The Balaban J connectivity index is 1.76. The fraction of sp³-hybridized carbons (Fsp3) is 0.375. The van der Waals surface area contributed by atoms with Crippen LogP contribution in [0, 0.1) is 17.8 Å². The van der Waals surface area contributed by atoms with Gasteiger partial charge in [0.1, 0.15) is 18.1 Å². The van der Waals surface area contributed by atoms with E-state index in [-0.39, 0.29) is 12.4 Å². The van der Waals surface area contributed by atoms with Crippen LogP contribution in [-0.2, 0) is 0 Å². The van der Waals surface area contributed by atoms with Gasteiger partial charge in [0.05, 0.1) is 19.0 Å². The number of anilines is 1. The Kier molecular flexibility index (Phi) is 6.69. The number of fused-ring (bicyclic) bond motifs is 1. The molecule has 8 nitrogen and oxygen atoms in total. The Morgan fingerprint density at radius 2 is 2.25 bits per heavy atom. The number of nitrogens with two attached hydrogens (primary N) is 1. The first kappa shape index (κ1) is 21.8. The largest absolute Gasteiger partial charge is 0.496 e. The minimum absolute atomic E-state index is 0.146. The second-order valence-electron chi connectivity index (χ2n) is 7.83. The number of nitrogens with one attached hydrogen (secondary N) is 1. The highest BCUT2D eigenvalue weighted by Crippen LogP contribution is 2.36. The Morgan fingerprint density at radius 1 is 1.41 bits per heavy atom. The van der Waals surface area contributed by atoms with Crippen molar-refractivity contribution in [1.82, 2.24) is 14.4 Å². The first-order valence-electron chi connectivity index (χ1n) is 10.8. The van der Waals surface area contributed by atoms with E-state index >= 15 is 0 Å². The number of aliphatic hydroxyl groups is 1. The van der Waals surface area contributed by atoms with E-state index in [0.717, 1.165) is 30.5 Å². The predicted octanol–water partition coefficient (Wildman–Crippen LogP) is 2.49. The van der Waals surface area contributed by atoms with E-state index in [0.29, 0.717) is 53.9 Å². The third kappa shape index (κ3) is 4.74. The lowest BCUT2D eigenvalue weighted by Crippen LogP contribution is -2.11. The lowest BCUT2D eigenvalue weighted by atomic mass is 10.0. The zero-order chi connectivity index (χ0) is 22.5. The van der Waals surface area contributed by atoms with E-state index in [1.54, 1.807) is 25.6 Å². The van der Waals surface area contributed by atoms with Crippen molar-refractivity contribution in [3.63, 3.8) is 0 Å². The van der Waals surface area contributed by atoms with Crippen LogP contribution in [-0.4, -0.2) is 52.1 Å². The topological polar surface area (TPSA) is 115 Å². The molecule has 2 aromatic heterocycles. The zero-order valence-corrected chi connectivity index (χ0v) is 18.1. The standard InChI is InChI=1S/C24H27N5O3/c1-32-22-13-17(21(31)12-16-5-6-16)7-8-19(22)20-14-27-24-23(26-10-3-9-25)28-18(4-2-11-30)15-29(20)24/h7-8,13-16,30H,3,5-6,9-12,25H2,1H3,(H,26,28). The third-order valence-corrected chi connectivity index (χ3v) is 5.43. The van der Waals surface area contributed by atoms with Gasteiger partial charge in [0.25, 0.3) is 0 Å². The molecule has 0 saturated heterocycles. The number of imidazole rings is 1. The third-order valence-electron chi connectivity index (χ3n) is 5.43. The Bertz CT molecular complexity index is 1190. The number of aliphatic hydroxyl groups excluding tert-OH is 1. The van der Waals surface area contributed by atoms with Gasteiger partial charge in [-0.1, -0.05) is 12.0 Å². The van der Waals surface area contributed by atoms with Crippen LogP contribution in [0.4, 0.5) is 5.82 Å². The highest BCUT2D eigenvalue weighted by Gasteiger charge is 2.25.